The molecule has 56 heavy (non-hydrogen) atoms. The average molecular weight is 801 g/mol. The number of nitrogens with zero attached hydrogens (tertiary/aromatic N) is 1. The molecule has 14 nitrogen and oxygen atoms in total. The summed E-state index contributed by atoms with van der Waals surface area (Å²) in [6.07, 6.45) is 2.66. The lowest BCUT2D eigenvalue weighted by atomic mass is 9.82. The molecule has 310 valence electrons. The molecule has 2 aliphatic heterocycles. The summed E-state index contributed by atoms with van der Waals surface area (Å²) >= 11 is 0. The minimum Gasteiger partial charge on any atom is -0.493 e. The number of carbonyl (C=O) groups is 2. The monoisotopic (exact) mass is 800 g/mol. The molecule has 2 aromatic rings. The number of methoxy groups -OCH3 is 2. The molecule has 15 heteroatoms. The Morgan fingerprint density at radius 1 is 1.05 bits per heavy atom. The molecule has 2 aromatic carbocycles. The summed E-state index contributed by atoms with van der Waals surface area (Å²) in [4.78, 5) is 30.1. The number of aliphatic hydroxyl groups is 1. The van der Waals surface area contributed by atoms with Crippen molar-refractivity contribution < 1.29 is 57.0 Å². The third-order valence-corrected chi connectivity index (χ3v) is 15.0. The highest BCUT2D eigenvalue weighted by Gasteiger charge is 2.48. The van der Waals surface area contributed by atoms with Crippen LogP contribution in [-0.2, 0) is 29.9 Å². The SMILES string of the molecule is C=CCOC(=O)N1C(CO)Cc2cc(C)c(OC)c(OCC=C)c2C1C(CO[Si](C)(C)C(C)(C)C)NC(C(=O)OCC)c1cc(OCOC)c(C)c2c1OCO2. The number of benzene rings is 2. The summed E-state index contributed by atoms with van der Waals surface area (Å²) in [7, 11) is 0.560. The molecule has 4 atom stereocenters. The standard InChI is InChI=1S/C41H60N2O12Si/c1-13-16-50-38-32-27(18-25(4)35(38)48-10)19-28(21-44)43(40(46)51-17-14-2)34(32)30(22-55-56(11,12)41(6,7)8)42-33(39(45)49-15-3)29-20-31(52-23-47-9)26(5)36-37(29)54-24-53-36/h13-14,18,20,28,30,33-34,42,44H,1-2,15-17,19,21-24H2,3-12H3. The lowest BCUT2D eigenvalue weighted by Gasteiger charge is -2.47. The molecule has 4 unspecified atom stereocenters. The number of carbonyl (C=O) groups excluding carboxylic acids is 2. The number of nitrogens with one attached hydrogen (secondary N) is 1. The van der Waals surface area contributed by atoms with E-state index >= 15 is 0 Å². The minimum absolute atomic E-state index is 0.00935. The summed E-state index contributed by atoms with van der Waals surface area (Å²) in [5.41, 5.74) is 3.25. The second-order valence-corrected chi connectivity index (χ2v) is 20.0. The second kappa shape index (κ2) is 19.2. The van der Waals surface area contributed by atoms with Crippen molar-refractivity contribution in [2.75, 3.05) is 60.8 Å². The zero-order chi connectivity index (χ0) is 41.4. The summed E-state index contributed by atoms with van der Waals surface area (Å²) in [5.74, 6) is 1.40. The van der Waals surface area contributed by atoms with Crippen LogP contribution in [0.4, 0.5) is 4.79 Å². The van der Waals surface area contributed by atoms with Gasteiger partial charge in [-0.05, 0) is 62.5 Å². The Labute approximate surface area is 332 Å². The van der Waals surface area contributed by atoms with Gasteiger partial charge < -0.3 is 47.4 Å². The smallest absolute Gasteiger partial charge is 0.410 e. The van der Waals surface area contributed by atoms with Crippen LogP contribution in [0.2, 0.25) is 18.1 Å². The number of hydrogen-bond acceptors (Lipinski definition) is 13. The van der Waals surface area contributed by atoms with Crippen molar-refractivity contribution in [3.8, 4) is 28.7 Å². The van der Waals surface area contributed by atoms with Gasteiger partial charge in [0.2, 0.25) is 6.79 Å². The lowest BCUT2D eigenvalue weighted by Crippen LogP contribution is -2.58. The van der Waals surface area contributed by atoms with Gasteiger partial charge in [-0.15, -0.1) is 0 Å². The summed E-state index contributed by atoms with van der Waals surface area (Å²) in [6.45, 7) is 23.3. The number of rotatable bonds is 19. The quantitative estimate of drug-likeness (QED) is 0.0693. The van der Waals surface area contributed by atoms with E-state index in [2.05, 4.69) is 52.3 Å². The fourth-order valence-electron chi connectivity index (χ4n) is 6.77. The molecule has 0 bridgehead atoms. The Morgan fingerprint density at radius 2 is 1.75 bits per heavy atom. The van der Waals surface area contributed by atoms with Crippen molar-refractivity contribution in [1.82, 2.24) is 10.2 Å². The summed E-state index contributed by atoms with van der Waals surface area (Å²) in [6, 6.07) is -0.124. The van der Waals surface area contributed by atoms with Gasteiger partial charge in [-0.1, -0.05) is 52.1 Å². The molecule has 0 saturated heterocycles. The fraction of sp³-hybridized carbons (Fsp3) is 0.561. The van der Waals surface area contributed by atoms with Gasteiger partial charge in [0.05, 0.1) is 45.1 Å². The third kappa shape index (κ3) is 9.45. The maximum Gasteiger partial charge on any atom is 0.410 e. The van der Waals surface area contributed by atoms with Crippen molar-refractivity contribution in [1.29, 1.82) is 0 Å². The summed E-state index contributed by atoms with van der Waals surface area (Å²) < 4.78 is 53.8. The first-order chi connectivity index (χ1) is 26.6. The molecule has 1 amide bonds. The molecule has 0 aliphatic carbocycles. The Morgan fingerprint density at radius 3 is 2.36 bits per heavy atom. The van der Waals surface area contributed by atoms with Crippen LogP contribution in [0.25, 0.3) is 0 Å². The molecule has 0 saturated carbocycles. The largest absolute Gasteiger partial charge is 0.493 e. The Balaban J connectivity index is 2.08. The molecule has 0 fully saturated rings. The van der Waals surface area contributed by atoms with Gasteiger partial charge in [0.1, 0.15) is 25.0 Å². The van der Waals surface area contributed by atoms with Gasteiger partial charge in [-0.2, -0.15) is 0 Å². The Bertz CT molecular complexity index is 1730. The first-order valence-electron chi connectivity index (χ1n) is 18.8. The van der Waals surface area contributed by atoms with Crippen LogP contribution in [0.15, 0.2) is 37.4 Å². The van der Waals surface area contributed by atoms with Crippen molar-refractivity contribution in [2.45, 2.75) is 90.3 Å². The van der Waals surface area contributed by atoms with E-state index in [-0.39, 0.29) is 58.1 Å². The second-order valence-electron chi connectivity index (χ2n) is 15.2. The number of aliphatic hydroxyl groups excluding tert-OH is 1. The van der Waals surface area contributed by atoms with Crippen LogP contribution in [0.1, 0.15) is 67.6 Å². The highest BCUT2D eigenvalue weighted by atomic mass is 28.4. The van der Waals surface area contributed by atoms with Gasteiger partial charge in [0, 0.05) is 23.8 Å². The van der Waals surface area contributed by atoms with E-state index in [4.69, 9.17) is 42.3 Å². The first kappa shape index (κ1) is 44.4. The molecule has 4 rings (SSSR count). The van der Waals surface area contributed by atoms with Crippen molar-refractivity contribution >= 4 is 20.4 Å². The molecular weight excluding hydrogens is 741 g/mol. The van der Waals surface area contributed by atoms with Crippen molar-refractivity contribution in [2.24, 2.45) is 0 Å². The van der Waals surface area contributed by atoms with E-state index in [9.17, 15) is 14.7 Å². The van der Waals surface area contributed by atoms with Gasteiger partial charge in [0.25, 0.3) is 0 Å². The molecule has 0 aromatic heterocycles. The van der Waals surface area contributed by atoms with E-state index in [1.807, 2.05) is 19.9 Å². The highest BCUT2D eigenvalue weighted by molar-refractivity contribution is 6.74. The van der Waals surface area contributed by atoms with Crippen LogP contribution >= 0.6 is 0 Å². The Hall–Kier alpha value is -4.28. The van der Waals surface area contributed by atoms with Crippen LogP contribution in [0.3, 0.4) is 0 Å². The number of fused-ring (bicyclic) bond motifs is 2. The molecular formula is C41H60N2O12Si. The van der Waals surface area contributed by atoms with E-state index in [0.717, 1.165) is 11.1 Å². The fourth-order valence-corrected chi connectivity index (χ4v) is 7.80. The molecule has 2 heterocycles. The summed E-state index contributed by atoms with van der Waals surface area (Å²) in [5, 5.41) is 14.3. The highest BCUT2D eigenvalue weighted by Crippen LogP contribution is 2.50. The predicted octanol–water partition coefficient (Wildman–Crippen LogP) is 6.46. The van der Waals surface area contributed by atoms with E-state index in [1.165, 1.54) is 18.1 Å². The van der Waals surface area contributed by atoms with Gasteiger partial charge in [-0.3, -0.25) is 10.2 Å². The topological polar surface area (TPSA) is 153 Å². The maximum absolute atomic E-state index is 14.3. The molecule has 2 N–H and O–H groups in total. The van der Waals surface area contributed by atoms with Gasteiger partial charge in [0.15, 0.2) is 38.1 Å². The number of amides is 1. The van der Waals surface area contributed by atoms with Crippen molar-refractivity contribution in [3.05, 3.63) is 65.3 Å². The normalized spacial score (nSPS) is 17.4. The number of aryl methyl sites for hydroxylation is 1. The zero-order valence-electron chi connectivity index (χ0n) is 34.6. The van der Waals surface area contributed by atoms with Gasteiger partial charge in [-0.25, -0.2) is 9.59 Å². The average Bonchev–Trinajstić information content (AvgIpc) is 3.66. The number of ether oxygens (including phenoxy) is 8. The molecule has 0 spiro atoms. The van der Waals surface area contributed by atoms with Crippen LogP contribution in [-0.4, -0.2) is 103 Å². The lowest BCUT2D eigenvalue weighted by molar-refractivity contribution is -0.146. The predicted molar refractivity (Wildman–Crippen MR) is 213 cm³/mol. The molecule has 2 aliphatic rings. The number of esters is 1. The van der Waals surface area contributed by atoms with E-state index in [1.54, 1.807) is 26.2 Å². The maximum atomic E-state index is 14.3. The first-order valence-corrected chi connectivity index (χ1v) is 21.7. The minimum atomic E-state index is -2.50. The van der Waals surface area contributed by atoms with Crippen molar-refractivity contribution in [3.63, 3.8) is 0 Å². The number of hydrogen-bond donors (Lipinski definition) is 2. The van der Waals surface area contributed by atoms with Crippen LogP contribution in [0.5, 0.6) is 28.7 Å². The van der Waals surface area contributed by atoms with Crippen LogP contribution < -0.4 is 29.0 Å². The Kier molecular flexibility index (Phi) is 15.3. The van der Waals surface area contributed by atoms with E-state index < -0.39 is 44.5 Å². The third-order valence-electron chi connectivity index (χ3n) is 10.5. The zero-order valence-corrected chi connectivity index (χ0v) is 35.6. The van der Waals surface area contributed by atoms with Crippen LogP contribution in [0, 0.1) is 13.8 Å². The van der Waals surface area contributed by atoms with E-state index in [0.29, 0.717) is 45.4 Å². The molecule has 0 radical (unpaired) electrons. The van der Waals surface area contributed by atoms with Gasteiger partial charge >= 0.3 is 12.1 Å².